The Morgan fingerprint density at radius 1 is 1.39 bits per heavy atom. The van der Waals surface area contributed by atoms with Gasteiger partial charge in [-0.15, -0.1) is 0 Å². The molecule has 1 unspecified atom stereocenters. The third-order valence-electron chi connectivity index (χ3n) is 4.31. The second-order valence-electron chi connectivity index (χ2n) is 6.23. The van der Waals surface area contributed by atoms with Gasteiger partial charge in [-0.05, 0) is 56.5 Å². The van der Waals surface area contributed by atoms with E-state index in [0.29, 0.717) is 5.41 Å². The quantitative estimate of drug-likeness (QED) is 0.586. The summed E-state index contributed by atoms with van der Waals surface area (Å²) in [5, 5.41) is 7.15. The molecule has 0 bridgehead atoms. The average molecular weight is 254 g/mol. The molecule has 0 aromatic rings. The first kappa shape index (κ1) is 14.3. The van der Waals surface area contributed by atoms with Gasteiger partial charge < -0.3 is 15.4 Å². The zero-order valence-electron chi connectivity index (χ0n) is 12.0. The minimum Gasteiger partial charge on any atom is -0.381 e. The molecule has 1 saturated carbocycles. The average Bonchev–Trinajstić information content (AvgIpc) is 3.08. The molecule has 3 nitrogen and oxygen atoms in total. The number of hydrogen-bond donors (Lipinski definition) is 2. The highest BCUT2D eigenvalue weighted by molar-refractivity contribution is 4.89. The Bertz CT molecular complexity index is 223. The lowest BCUT2D eigenvalue weighted by molar-refractivity contribution is 0.121. The van der Waals surface area contributed by atoms with Crippen LogP contribution in [-0.4, -0.2) is 39.4 Å². The molecule has 0 aromatic heterocycles. The van der Waals surface area contributed by atoms with E-state index in [2.05, 4.69) is 17.6 Å². The lowest BCUT2D eigenvalue weighted by atomic mass is 9.82. The normalized spacial score (nSPS) is 27.8. The Labute approximate surface area is 112 Å². The fourth-order valence-corrected chi connectivity index (χ4v) is 2.97. The molecule has 1 atom stereocenters. The summed E-state index contributed by atoms with van der Waals surface area (Å²) in [6.07, 6.45) is 7.93. The molecule has 2 rings (SSSR count). The predicted octanol–water partition coefficient (Wildman–Crippen LogP) is 2.17. The van der Waals surface area contributed by atoms with E-state index >= 15 is 0 Å². The highest BCUT2D eigenvalue weighted by Crippen LogP contribution is 2.30. The van der Waals surface area contributed by atoms with E-state index in [9.17, 15) is 0 Å². The number of hydrogen-bond acceptors (Lipinski definition) is 3. The van der Waals surface area contributed by atoms with Crippen LogP contribution < -0.4 is 10.6 Å². The zero-order chi connectivity index (χ0) is 12.7. The molecular weight excluding hydrogens is 224 g/mol. The van der Waals surface area contributed by atoms with Crippen molar-refractivity contribution in [1.82, 2.24) is 10.6 Å². The first-order chi connectivity index (χ1) is 8.85. The van der Waals surface area contributed by atoms with Crippen molar-refractivity contribution in [1.29, 1.82) is 0 Å². The molecular formula is C15H30N2O. The van der Waals surface area contributed by atoms with Crippen molar-refractivity contribution in [2.75, 3.05) is 39.4 Å². The smallest absolute Gasteiger partial charge is 0.0494 e. The largest absolute Gasteiger partial charge is 0.381 e. The van der Waals surface area contributed by atoms with E-state index in [4.69, 9.17) is 4.74 Å². The van der Waals surface area contributed by atoms with Crippen LogP contribution in [0.2, 0.25) is 0 Å². The van der Waals surface area contributed by atoms with Crippen LogP contribution in [0.1, 0.15) is 45.4 Å². The maximum Gasteiger partial charge on any atom is 0.0494 e. The van der Waals surface area contributed by atoms with Gasteiger partial charge >= 0.3 is 0 Å². The molecule has 2 N–H and O–H groups in total. The van der Waals surface area contributed by atoms with Gasteiger partial charge in [0, 0.05) is 26.3 Å². The van der Waals surface area contributed by atoms with Crippen molar-refractivity contribution in [2.45, 2.75) is 45.4 Å². The van der Waals surface area contributed by atoms with E-state index in [-0.39, 0.29) is 0 Å². The van der Waals surface area contributed by atoms with Gasteiger partial charge in [0.1, 0.15) is 0 Å². The van der Waals surface area contributed by atoms with E-state index in [1.807, 2.05) is 0 Å². The van der Waals surface area contributed by atoms with Crippen molar-refractivity contribution in [3.63, 3.8) is 0 Å². The van der Waals surface area contributed by atoms with Crippen molar-refractivity contribution in [2.24, 2.45) is 11.3 Å². The van der Waals surface area contributed by atoms with Crippen molar-refractivity contribution in [3.8, 4) is 0 Å². The van der Waals surface area contributed by atoms with Gasteiger partial charge in [0.15, 0.2) is 0 Å². The van der Waals surface area contributed by atoms with E-state index < -0.39 is 0 Å². The minimum atomic E-state index is 0.531. The summed E-state index contributed by atoms with van der Waals surface area (Å²) >= 11 is 0. The number of ether oxygens (including phenoxy) is 1. The molecule has 1 heterocycles. The Balaban J connectivity index is 1.47. The van der Waals surface area contributed by atoms with E-state index in [1.165, 1.54) is 51.7 Å². The third-order valence-corrected chi connectivity index (χ3v) is 4.31. The molecule has 0 spiro atoms. The number of rotatable bonds is 10. The van der Waals surface area contributed by atoms with E-state index in [1.54, 1.807) is 0 Å². The SMILES string of the molecule is CCCC1(CNCCCOCC2CC2)CCNC1. The molecule has 3 heteroatoms. The first-order valence-corrected chi connectivity index (χ1v) is 7.84. The standard InChI is InChI=1S/C15H30N2O/c1-2-6-15(7-9-17-13-15)12-16-8-3-10-18-11-14-4-5-14/h14,16-17H,2-13H2,1H3. The molecule has 0 aromatic carbocycles. The van der Waals surface area contributed by atoms with Gasteiger partial charge in [-0.25, -0.2) is 0 Å². The minimum absolute atomic E-state index is 0.531. The maximum atomic E-state index is 5.65. The van der Waals surface area contributed by atoms with Crippen LogP contribution >= 0.6 is 0 Å². The maximum absolute atomic E-state index is 5.65. The highest BCUT2D eigenvalue weighted by Gasteiger charge is 2.32. The number of nitrogens with one attached hydrogen (secondary N) is 2. The van der Waals surface area contributed by atoms with Crippen LogP contribution in [-0.2, 0) is 4.74 Å². The van der Waals surface area contributed by atoms with Gasteiger partial charge in [0.25, 0.3) is 0 Å². The summed E-state index contributed by atoms with van der Waals surface area (Å²) < 4.78 is 5.65. The molecule has 18 heavy (non-hydrogen) atoms. The summed E-state index contributed by atoms with van der Waals surface area (Å²) in [5.41, 5.74) is 0.531. The molecule has 1 saturated heterocycles. The van der Waals surface area contributed by atoms with Crippen LogP contribution in [0.15, 0.2) is 0 Å². The third kappa shape index (κ3) is 4.87. The summed E-state index contributed by atoms with van der Waals surface area (Å²) in [7, 11) is 0. The molecule has 1 aliphatic heterocycles. The highest BCUT2D eigenvalue weighted by atomic mass is 16.5. The van der Waals surface area contributed by atoms with Gasteiger partial charge in [-0.2, -0.15) is 0 Å². The van der Waals surface area contributed by atoms with Crippen molar-refractivity contribution < 1.29 is 4.74 Å². The topological polar surface area (TPSA) is 33.3 Å². The van der Waals surface area contributed by atoms with Gasteiger partial charge in [0.2, 0.25) is 0 Å². The van der Waals surface area contributed by atoms with Gasteiger partial charge in [-0.1, -0.05) is 13.3 Å². The van der Waals surface area contributed by atoms with Gasteiger partial charge in [0.05, 0.1) is 0 Å². The fraction of sp³-hybridized carbons (Fsp3) is 1.00. The fourth-order valence-electron chi connectivity index (χ4n) is 2.97. The summed E-state index contributed by atoms with van der Waals surface area (Å²) in [6.45, 7) is 8.92. The molecule has 2 fully saturated rings. The Kier molecular flexibility index (Phi) is 5.93. The summed E-state index contributed by atoms with van der Waals surface area (Å²) in [4.78, 5) is 0. The van der Waals surface area contributed by atoms with Crippen molar-refractivity contribution >= 4 is 0 Å². The molecule has 2 aliphatic rings. The summed E-state index contributed by atoms with van der Waals surface area (Å²) in [5.74, 6) is 0.898. The molecule has 1 aliphatic carbocycles. The lowest BCUT2D eigenvalue weighted by Gasteiger charge is -2.28. The second-order valence-corrected chi connectivity index (χ2v) is 6.23. The summed E-state index contributed by atoms with van der Waals surface area (Å²) in [6, 6.07) is 0. The lowest BCUT2D eigenvalue weighted by Crippen LogP contribution is -2.36. The second kappa shape index (κ2) is 7.46. The Morgan fingerprint density at radius 2 is 2.28 bits per heavy atom. The molecule has 106 valence electrons. The molecule has 0 radical (unpaired) electrons. The van der Waals surface area contributed by atoms with Crippen LogP contribution in [0, 0.1) is 11.3 Å². The van der Waals surface area contributed by atoms with Crippen LogP contribution in [0.3, 0.4) is 0 Å². The Morgan fingerprint density at radius 3 is 2.94 bits per heavy atom. The zero-order valence-corrected chi connectivity index (χ0v) is 12.0. The van der Waals surface area contributed by atoms with E-state index in [0.717, 1.165) is 32.1 Å². The van der Waals surface area contributed by atoms with Gasteiger partial charge in [-0.3, -0.25) is 0 Å². The van der Waals surface area contributed by atoms with Crippen LogP contribution in [0.25, 0.3) is 0 Å². The predicted molar refractivity (Wildman–Crippen MR) is 75.9 cm³/mol. The first-order valence-electron chi connectivity index (χ1n) is 7.84. The van der Waals surface area contributed by atoms with Crippen LogP contribution in [0.4, 0.5) is 0 Å². The Hall–Kier alpha value is -0.120. The monoisotopic (exact) mass is 254 g/mol. The van der Waals surface area contributed by atoms with Crippen LogP contribution in [0.5, 0.6) is 0 Å². The molecule has 0 amide bonds. The van der Waals surface area contributed by atoms with Crippen molar-refractivity contribution in [3.05, 3.63) is 0 Å².